The highest BCUT2D eigenvalue weighted by molar-refractivity contribution is 6.03. The van der Waals surface area contributed by atoms with Gasteiger partial charge in [0, 0.05) is 12.6 Å². The Bertz CT molecular complexity index is 709. The SMILES string of the molecule is CC(C)(C)OC(=O)CNc1ccc(C(=O)NC2CCC(=O)NC2=O)cn1. The van der Waals surface area contributed by atoms with E-state index in [4.69, 9.17) is 4.74 Å². The van der Waals surface area contributed by atoms with Crippen molar-refractivity contribution < 1.29 is 23.9 Å². The van der Waals surface area contributed by atoms with Crippen molar-refractivity contribution in [2.24, 2.45) is 0 Å². The van der Waals surface area contributed by atoms with E-state index in [1.807, 2.05) is 0 Å². The number of pyridine rings is 1. The molecule has 3 N–H and O–H groups in total. The Hall–Kier alpha value is -2.97. The summed E-state index contributed by atoms with van der Waals surface area (Å²) in [5.74, 6) is -1.33. The van der Waals surface area contributed by atoms with Crippen molar-refractivity contribution in [2.75, 3.05) is 11.9 Å². The van der Waals surface area contributed by atoms with Gasteiger partial charge in [-0.15, -0.1) is 0 Å². The molecule has 0 saturated carbocycles. The maximum absolute atomic E-state index is 12.2. The first kappa shape index (κ1) is 19.4. The number of ether oxygens (including phenoxy) is 1. The van der Waals surface area contributed by atoms with Crippen molar-refractivity contribution >= 4 is 29.5 Å². The Labute approximate surface area is 150 Å². The van der Waals surface area contributed by atoms with E-state index in [2.05, 4.69) is 20.9 Å². The maximum Gasteiger partial charge on any atom is 0.325 e. The van der Waals surface area contributed by atoms with Crippen LogP contribution in [0.1, 0.15) is 44.0 Å². The fourth-order valence-electron chi connectivity index (χ4n) is 2.25. The zero-order valence-electron chi connectivity index (χ0n) is 14.9. The van der Waals surface area contributed by atoms with Gasteiger partial charge in [-0.3, -0.25) is 24.5 Å². The number of imide groups is 1. The number of esters is 1. The minimum atomic E-state index is -0.745. The molecule has 0 aliphatic carbocycles. The van der Waals surface area contributed by atoms with Gasteiger partial charge in [0.25, 0.3) is 5.91 Å². The van der Waals surface area contributed by atoms with E-state index >= 15 is 0 Å². The first-order chi connectivity index (χ1) is 12.1. The zero-order valence-corrected chi connectivity index (χ0v) is 14.9. The summed E-state index contributed by atoms with van der Waals surface area (Å²) in [6.45, 7) is 5.28. The highest BCUT2D eigenvalue weighted by Gasteiger charge is 2.28. The summed E-state index contributed by atoms with van der Waals surface area (Å²) >= 11 is 0. The second-order valence-corrected chi connectivity index (χ2v) is 6.85. The lowest BCUT2D eigenvalue weighted by molar-refractivity contribution is -0.152. The number of amides is 3. The number of hydrogen-bond acceptors (Lipinski definition) is 7. The first-order valence-electron chi connectivity index (χ1n) is 8.20. The van der Waals surface area contributed by atoms with Crippen molar-refractivity contribution in [3.63, 3.8) is 0 Å². The Morgan fingerprint density at radius 1 is 1.31 bits per heavy atom. The molecule has 1 aliphatic heterocycles. The van der Waals surface area contributed by atoms with Crippen LogP contribution >= 0.6 is 0 Å². The molecular formula is C17H22N4O5. The van der Waals surface area contributed by atoms with E-state index < -0.39 is 29.4 Å². The Balaban J connectivity index is 1.86. The van der Waals surface area contributed by atoms with Gasteiger partial charge in [-0.1, -0.05) is 0 Å². The zero-order chi connectivity index (χ0) is 19.3. The Kier molecular flexibility index (Phi) is 5.91. The van der Waals surface area contributed by atoms with E-state index in [-0.39, 0.29) is 30.9 Å². The average molecular weight is 362 g/mol. The minimum absolute atomic E-state index is 0.0495. The molecule has 1 aliphatic rings. The van der Waals surface area contributed by atoms with Crippen LogP contribution in [-0.2, 0) is 19.1 Å². The number of aromatic nitrogens is 1. The van der Waals surface area contributed by atoms with Crippen LogP contribution in [0.25, 0.3) is 0 Å². The van der Waals surface area contributed by atoms with E-state index in [9.17, 15) is 19.2 Å². The molecule has 1 atom stereocenters. The number of rotatable bonds is 5. The van der Waals surface area contributed by atoms with E-state index in [0.717, 1.165) is 0 Å². The van der Waals surface area contributed by atoms with Gasteiger partial charge in [0.05, 0.1) is 5.56 Å². The second-order valence-electron chi connectivity index (χ2n) is 6.85. The average Bonchev–Trinajstić information content (AvgIpc) is 2.54. The number of anilines is 1. The van der Waals surface area contributed by atoms with Crippen molar-refractivity contribution in [3.05, 3.63) is 23.9 Å². The quantitative estimate of drug-likeness (QED) is 0.510. The van der Waals surface area contributed by atoms with E-state index in [1.54, 1.807) is 26.8 Å². The van der Waals surface area contributed by atoms with Gasteiger partial charge < -0.3 is 15.4 Å². The summed E-state index contributed by atoms with van der Waals surface area (Å²) in [5, 5.41) is 7.55. The molecule has 2 heterocycles. The van der Waals surface area contributed by atoms with Gasteiger partial charge in [-0.05, 0) is 39.3 Å². The summed E-state index contributed by atoms with van der Waals surface area (Å²) in [4.78, 5) is 50.6. The number of hydrogen-bond donors (Lipinski definition) is 3. The van der Waals surface area contributed by atoms with Gasteiger partial charge in [0.1, 0.15) is 24.0 Å². The molecule has 9 nitrogen and oxygen atoms in total. The standard InChI is InChI=1S/C17H22N4O5/c1-17(2,3)26-14(23)9-19-12-6-4-10(8-18-12)15(24)20-11-5-7-13(22)21-16(11)25/h4,6,8,11H,5,7,9H2,1-3H3,(H,18,19)(H,20,24)(H,21,22,25). The molecule has 3 amide bonds. The highest BCUT2D eigenvalue weighted by Crippen LogP contribution is 2.10. The molecule has 0 radical (unpaired) electrons. The number of nitrogens with zero attached hydrogens (tertiary/aromatic N) is 1. The topological polar surface area (TPSA) is 126 Å². The molecule has 140 valence electrons. The lowest BCUT2D eigenvalue weighted by Gasteiger charge is -2.21. The molecule has 2 rings (SSSR count). The maximum atomic E-state index is 12.2. The third-order valence-corrected chi connectivity index (χ3v) is 3.40. The second kappa shape index (κ2) is 7.94. The lowest BCUT2D eigenvalue weighted by atomic mass is 10.1. The van der Waals surface area contributed by atoms with Crippen LogP contribution in [0.4, 0.5) is 5.82 Å². The van der Waals surface area contributed by atoms with Gasteiger partial charge >= 0.3 is 5.97 Å². The third-order valence-electron chi connectivity index (χ3n) is 3.40. The van der Waals surface area contributed by atoms with E-state index in [0.29, 0.717) is 5.82 Å². The molecular weight excluding hydrogens is 340 g/mol. The summed E-state index contributed by atoms with van der Waals surface area (Å²) in [6.07, 6.45) is 1.78. The van der Waals surface area contributed by atoms with Crippen LogP contribution in [0.2, 0.25) is 0 Å². The van der Waals surface area contributed by atoms with Gasteiger partial charge in [-0.25, -0.2) is 4.98 Å². The van der Waals surface area contributed by atoms with Crippen LogP contribution < -0.4 is 16.0 Å². The molecule has 1 fully saturated rings. The number of piperidine rings is 1. The molecule has 1 saturated heterocycles. The fraction of sp³-hybridized carbons (Fsp3) is 0.471. The minimum Gasteiger partial charge on any atom is -0.459 e. The largest absolute Gasteiger partial charge is 0.459 e. The summed E-state index contributed by atoms with van der Waals surface area (Å²) in [7, 11) is 0. The Morgan fingerprint density at radius 3 is 2.62 bits per heavy atom. The molecule has 0 spiro atoms. The highest BCUT2D eigenvalue weighted by atomic mass is 16.6. The fourth-order valence-corrected chi connectivity index (χ4v) is 2.25. The van der Waals surface area contributed by atoms with Crippen molar-refractivity contribution in [3.8, 4) is 0 Å². The van der Waals surface area contributed by atoms with Crippen molar-refractivity contribution in [2.45, 2.75) is 45.3 Å². The predicted octanol–water partition coefficient (Wildman–Crippen LogP) is 0.370. The predicted molar refractivity (Wildman–Crippen MR) is 92.2 cm³/mol. The van der Waals surface area contributed by atoms with E-state index in [1.165, 1.54) is 12.3 Å². The van der Waals surface area contributed by atoms with Crippen LogP contribution in [0, 0.1) is 0 Å². The summed E-state index contributed by atoms with van der Waals surface area (Å²) in [5.41, 5.74) is -0.304. The molecule has 1 aromatic rings. The summed E-state index contributed by atoms with van der Waals surface area (Å²) in [6, 6.07) is 2.32. The number of carbonyl (C=O) groups is 4. The molecule has 1 unspecified atom stereocenters. The van der Waals surface area contributed by atoms with Gasteiger partial charge in [0.2, 0.25) is 11.8 Å². The molecule has 0 bridgehead atoms. The smallest absolute Gasteiger partial charge is 0.325 e. The van der Waals surface area contributed by atoms with Crippen LogP contribution in [0.5, 0.6) is 0 Å². The summed E-state index contributed by atoms with van der Waals surface area (Å²) < 4.78 is 5.17. The molecule has 0 aromatic carbocycles. The first-order valence-corrected chi connectivity index (χ1v) is 8.20. The van der Waals surface area contributed by atoms with Crippen LogP contribution in [-0.4, -0.2) is 46.9 Å². The number of carbonyl (C=O) groups excluding carboxylic acids is 4. The van der Waals surface area contributed by atoms with Crippen LogP contribution in [0.15, 0.2) is 18.3 Å². The molecule has 9 heteroatoms. The monoisotopic (exact) mass is 362 g/mol. The molecule has 1 aromatic heterocycles. The Morgan fingerprint density at radius 2 is 2.04 bits per heavy atom. The molecule has 26 heavy (non-hydrogen) atoms. The number of nitrogens with one attached hydrogen (secondary N) is 3. The lowest BCUT2D eigenvalue weighted by Crippen LogP contribution is -2.52. The van der Waals surface area contributed by atoms with Gasteiger partial charge in [-0.2, -0.15) is 0 Å². The van der Waals surface area contributed by atoms with Crippen molar-refractivity contribution in [1.82, 2.24) is 15.6 Å². The third kappa shape index (κ3) is 5.83. The van der Waals surface area contributed by atoms with Crippen LogP contribution in [0.3, 0.4) is 0 Å². The normalized spacial score (nSPS) is 17.3. The van der Waals surface area contributed by atoms with Gasteiger partial charge in [0.15, 0.2) is 0 Å². The van der Waals surface area contributed by atoms with Crippen molar-refractivity contribution in [1.29, 1.82) is 0 Å².